The molecule has 3 aliphatic heterocycles. The zero-order chi connectivity index (χ0) is 24.6. The topological polar surface area (TPSA) is 128 Å². The van der Waals surface area contributed by atoms with Gasteiger partial charge in [-0.2, -0.15) is 0 Å². The van der Waals surface area contributed by atoms with Gasteiger partial charge in [0, 0.05) is 47.6 Å². The van der Waals surface area contributed by atoms with Crippen molar-refractivity contribution in [3.63, 3.8) is 0 Å². The third-order valence-electron chi connectivity index (χ3n) is 6.81. The number of aromatic nitrogens is 2. The fourth-order valence-electron chi connectivity index (χ4n) is 5.24. The molecule has 0 spiro atoms. The number of carbonyl (C=O) groups excluding carboxylic acids is 3. The Morgan fingerprint density at radius 2 is 2.24 bits per heavy atom. The molecule has 11 heteroatoms. The third-order valence-corrected chi connectivity index (χ3v) is 8.30. The molecule has 6 atom stereocenters. The zero-order valence-corrected chi connectivity index (χ0v) is 20.0. The summed E-state index contributed by atoms with van der Waals surface area (Å²) >= 11 is 1.39. The summed E-state index contributed by atoms with van der Waals surface area (Å²) < 4.78 is 7.22. The van der Waals surface area contributed by atoms with Gasteiger partial charge in [-0.1, -0.05) is 19.6 Å². The van der Waals surface area contributed by atoms with Gasteiger partial charge in [-0.25, -0.2) is 9.78 Å². The van der Waals surface area contributed by atoms with E-state index in [1.165, 1.54) is 22.7 Å². The minimum atomic E-state index is -1.40. The Hall–Kier alpha value is -2.79. The van der Waals surface area contributed by atoms with Crippen LogP contribution in [-0.4, -0.2) is 79.0 Å². The Morgan fingerprint density at radius 3 is 2.85 bits per heavy atom. The Labute approximate surface area is 202 Å². The highest BCUT2D eigenvalue weighted by Gasteiger charge is 2.59. The van der Waals surface area contributed by atoms with Crippen molar-refractivity contribution in [3.05, 3.63) is 42.0 Å². The number of carbonyl (C=O) groups is 3. The Balaban J connectivity index is 1.52. The fourth-order valence-corrected chi connectivity index (χ4v) is 6.80. The van der Waals surface area contributed by atoms with Gasteiger partial charge in [-0.05, 0) is 19.8 Å². The molecule has 0 aliphatic carbocycles. The first kappa shape index (κ1) is 24.3. The molecular weight excluding hydrogens is 460 g/mol. The number of aliphatic hydroxyl groups excluding tert-OH is 1. The van der Waals surface area contributed by atoms with Gasteiger partial charge in [0.1, 0.15) is 6.61 Å². The lowest BCUT2D eigenvalue weighted by Gasteiger charge is -2.47. The van der Waals surface area contributed by atoms with Crippen LogP contribution in [0.15, 0.2) is 42.0 Å². The molecule has 0 unspecified atom stereocenters. The third kappa shape index (κ3) is 4.34. The van der Waals surface area contributed by atoms with Gasteiger partial charge < -0.3 is 34.1 Å². The van der Waals surface area contributed by atoms with Crippen LogP contribution in [0.25, 0.3) is 0 Å². The van der Waals surface area contributed by atoms with Crippen LogP contribution < -0.4 is 5.11 Å². The number of aliphatic hydroxyl groups is 1. The molecule has 1 aromatic heterocycles. The maximum absolute atomic E-state index is 12.7. The van der Waals surface area contributed by atoms with Crippen molar-refractivity contribution in [2.75, 3.05) is 13.2 Å². The smallest absolute Gasteiger partial charge is 0.410 e. The van der Waals surface area contributed by atoms with Gasteiger partial charge in [0.15, 0.2) is 0 Å². The number of fused-ring (bicyclic) bond motifs is 1. The number of ether oxygens (including phenoxy) is 1. The molecule has 0 saturated carbocycles. The molecular formula is C23H29N4O6S-. The average Bonchev–Trinajstić information content (AvgIpc) is 3.49. The first-order chi connectivity index (χ1) is 16.2. The van der Waals surface area contributed by atoms with Crippen LogP contribution in [-0.2, 0) is 20.9 Å². The number of hydrogen-bond donors (Lipinski definition) is 1. The number of carboxylic acids is 1. The van der Waals surface area contributed by atoms with Crippen LogP contribution in [0.5, 0.6) is 0 Å². The van der Waals surface area contributed by atoms with Gasteiger partial charge in [-0.3, -0.25) is 4.79 Å². The van der Waals surface area contributed by atoms with E-state index in [-0.39, 0.29) is 35.4 Å². The zero-order valence-electron chi connectivity index (χ0n) is 19.2. The van der Waals surface area contributed by atoms with E-state index in [0.29, 0.717) is 30.8 Å². The van der Waals surface area contributed by atoms with Crippen molar-refractivity contribution in [2.45, 2.75) is 56.7 Å². The minimum Gasteiger partial charge on any atom is -0.543 e. The molecule has 3 aliphatic rings. The summed E-state index contributed by atoms with van der Waals surface area (Å²) in [6, 6.07) is -0.486. The van der Waals surface area contributed by atoms with Gasteiger partial charge in [0.25, 0.3) is 0 Å². The molecule has 34 heavy (non-hydrogen) atoms. The second kappa shape index (κ2) is 9.83. The largest absolute Gasteiger partial charge is 0.543 e. The van der Waals surface area contributed by atoms with Crippen molar-refractivity contribution in [2.24, 2.45) is 11.8 Å². The minimum absolute atomic E-state index is 0.0744. The second-order valence-corrected chi connectivity index (χ2v) is 10.3. The molecule has 4 rings (SSSR count). The normalized spacial score (nSPS) is 29.1. The number of carboxylic acid groups (broad SMARTS) is 1. The van der Waals surface area contributed by atoms with E-state index >= 15 is 0 Å². The van der Waals surface area contributed by atoms with E-state index in [9.17, 15) is 24.6 Å². The fraction of sp³-hybridized carbons (Fsp3) is 0.565. The molecule has 2 fully saturated rings. The highest BCUT2D eigenvalue weighted by atomic mass is 32.2. The summed E-state index contributed by atoms with van der Waals surface area (Å²) in [5, 5.41) is 22.0. The van der Waals surface area contributed by atoms with Gasteiger partial charge in [0.05, 0.1) is 36.1 Å². The summed E-state index contributed by atoms with van der Waals surface area (Å²) in [4.78, 5) is 44.8. The predicted molar refractivity (Wildman–Crippen MR) is 122 cm³/mol. The molecule has 0 aromatic carbocycles. The SMILES string of the molecule is C=CCOC(=O)N1C[C@@H](SC2=C(C(=O)[O-])N3C(=O)[C@H]([C@@H](C)O)[C@H]3[C@H]2C)C[C@H]1CCn1ccnc1. The lowest BCUT2D eigenvalue weighted by atomic mass is 9.79. The van der Waals surface area contributed by atoms with Crippen LogP contribution in [0.4, 0.5) is 4.79 Å². The molecule has 2 saturated heterocycles. The van der Waals surface area contributed by atoms with Crippen molar-refractivity contribution < 1.29 is 29.3 Å². The highest BCUT2D eigenvalue weighted by Crippen LogP contribution is 2.52. The van der Waals surface area contributed by atoms with E-state index < -0.39 is 30.1 Å². The number of β-lactam (4-membered cyclic amide) rings is 1. The molecule has 1 aromatic rings. The quantitative estimate of drug-likeness (QED) is 0.394. The van der Waals surface area contributed by atoms with Crippen LogP contribution in [0.2, 0.25) is 0 Å². The highest BCUT2D eigenvalue weighted by molar-refractivity contribution is 8.03. The van der Waals surface area contributed by atoms with Crippen LogP contribution in [0.1, 0.15) is 26.7 Å². The molecule has 0 bridgehead atoms. The summed E-state index contributed by atoms with van der Waals surface area (Å²) in [6.45, 7) is 8.18. The number of rotatable bonds is 9. The number of likely N-dealkylation sites (tertiary alicyclic amines) is 1. The molecule has 184 valence electrons. The van der Waals surface area contributed by atoms with E-state index in [1.807, 2.05) is 17.7 Å². The number of amides is 2. The standard InChI is InChI=1S/C23H30N4O6S/c1-4-9-33-23(32)26-11-16(10-15(26)5-7-25-8-6-24-12-25)34-20-13(2)18-17(14(3)28)21(29)27(18)19(20)22(30)31/h4,6,8,12-18,28H,1,5,7,9-11H2,2-3H3,(H,30,31)/p-1/t13-,14-,15-,16+,17-,18-/m1/s1. The van der Waals surface area contributed by atoms with Gasteiger partial charge >= 0.3 is 6.09 Å². The van der Waals surface area contributed by atoms with E-state index in [1.54, 1.807) is 24.3 Å². The predicted octanol–water partition coefficient (Wildman–Crippen LogP) is 0.591. The van der Waals surface area contributed by atoms with Crippen LogP contribution in [0.3, 0.4) is 0 Å². The first-order valence-electron chi connectivity index (χ1n) is 11.4. The van der Waals surface area contributed by atoms with Crippen LogP contribution >= 0.6 is 11.8 Å². The Kier molecular flexibility index (Phi) is 7.04. The number of hydrogen-bond acceptors (Lipinski definition) is 8. The Morgan fingerprint density at radius 1 is 1.47 bits per heavy atom. The van der Waals surface area contributed by atoms with Crippen molar-refractivity contribution in [3.8, 4) is 0 Å². The second-order valence-electron chi connectivity index (χ2n) is 8.99. The maximum atomic E-state index is 12.7. The Bertz CT molecular complexity index is 994. The summed E-state index contributed by atoms with van der Waals surface area (Å²) in [6.07, 6.45) is 6.84. The molecule has 10 nitrogen and oxygen atoms in total. The molecule has 1 N–H and O–H groups in total. The van der Waals surface area contributed by atoms with Crippen molar-refractivity contribution >= 4 is 29.7 Å². The molecule has 0 radical (unpaired) electrons. The lowest BCUT2D eigenvalue weighted by molar-refractivity contribution is -0.301. The summed E-state index contributed by atoms with van der Waals surface area (Å²) in [7, 11) is 0. The van der Waals surface area contributed by atoms with E-state index in [0.717, 1.165) is 0 Å². The number of imidazole rings is 1. The number of nitrogens with zero attached hydrogens (tertiary/aromatic N) is 4. The number of thioether (sulfide) groups is 1. The van der Waals surface area contributed by atoms with Gasteiger partial charge in [-0.15, -0.1) is 11.8 Å². The first-order valence-corrected chi connectivity index (χ1v) is 12.3. The van der Waals surface area contributed by atoms with Gasteiger partial charge in [0.2, 0.25) is 5.91 Å². The van der Waals surface area contributed by atoms with E-state index in [4.69, 9.17) is 4.74 Å². The van der Waals surface area contributed by atoms with Crippen LogP contribution in [0, 0.1) is 11.8 Å². The molecule has 4 heterocycles. The monoisotopic (exact) mass is 489 g/mol. The van der Waals surface area contributed by atoms with E-state index in [2.05, 4.69) is 11.6 Å². The molecule has 2 amide bonds. The lowest BCUT2D eigenvalue weighted by Crippen LogP contribution is -2.64. The maximum Gasteiger partial charge on any atom is 0.410 e. The average molecular weight is 490 g/mol. The number of aryl methyl sites for hydroxylation is 1. The summed E-state index contributed by atoms with van der Waals surface area (Å²) in [5.41, 5.74) is -0.105. The van der Waals surface area contributed by atoms with Crippen molar-refractivity contribution in [1.29, 1.82) is 0 Å². The number of aliphatic carboxylic acids is 1. The summed E-state index contributed by atoms with van der Waals surface area (Å²) in [5.74, 6) is -2.66. The van der Waals surface area contributed by atoms with Crippen molar-refractivity contribution in [1.82, 2.24) is 19.4 Å².